The number of nitrogens with one attached hydrogen (secondary N) is 4. The number of carbonyl (C=O) groups excluding carboxylic acids is 2. The summed E-state index contributed by atoms with van der Waals surface area (Å²) in [6.07, 6.45) is 5.98. The van der Waals surface area contributed by atoms with Gasteiger partial charge in [-0.2, -0.15) is 0 Å². The van der Waals surface area contributed by atoms with Gasteiger partial charge in [0.1, 0.15) is 5.82 Å². The molecular weight excluding hydrogens is 330 g/mol. The first-order valence-electron chi connectivity index (χ1n) is 8.87. The van der Waals surface area contributed by atoms with Crippen molar-refractivity contribution in [3.8, 4) is 0 Å². The number of hydrogen-bond acceptors (Lipinski definition) is 4. The van der Waals surface area contributed by atoms with Gasteiger partial charge in [-0.05, 0) is 56.0 Å². The first-order chi connectivity index (χ1) is 12.7. The predicted octanol–water partition coefficient (Wildman–Crippen LogP) is 3.19. The third-order valence-corrected chi connectivity index (χ3v) is 4.24. The molecule has 3 amide bonds. The van der Waals surface area contributed by atoms with Crippen LogP contribution in [-0.4, -0.2) is 29.0 Å². The van der Waals surface area contributed by atoms with E-state index in [4.69, 9.17) is 0 Å². The largest absolute Gasteiger partial charge is 0.367 e. The van der Waals surface area contributed by atoms with Crippen LogP contribution in [0, 0.1) is 0 Å². The van der Waals surface area contributed by atoms with Crippen molar-refractivity contribution in [3.05, 3.63) is 48.2 Å². The highest BCUT2D eigenvalue weighted by atomic mass is 16.2. The molecule has 7 heteroatoms. The maximum Gasteiger partial charge on any atom is 0.319 e. The molecule has 2 fully saturated rings. The first kappa shape index (κ1) is 16.4. The van der Waals surface area contributed by atoms with Crippen LogP contribution in [0.5, 0.6) is 0 Å². The molecule has 2 aliphatic carbocycles. The van der Waals surface area contributed by atoms with Gasteiger partial charge in [0.25, 0.3) is 5.91 Å². The Bertz CT molecular complexity index is 830. The van der Waals surface area contributed by atoms with E-state index in [2.05, 4.69) is 26.3 Å². The number of nitrogens with zero attached hydrogens (tertiary/aromatic N) is 1. The maximum absolute atomic E-state index is 12.5. The Morgan fingerprint density at radius 3 is 2.38 bits per heavy atom. The molecule has 2 aromatic rings. The molecule has 1 aromatic heterocycles. The second-order valence-corrected chi connectivity index (χ2v) is 6.76. The van der Waals surface area contributed by atoms with Crippen molar-refractivity contribution in [1.29, 1.82) is 0 Å². The van der Waals surface area contributed by atoms with Crippen LogP contribution in [0.3, 0.4) is 0 Å². The molecule has 0 spiro atoms. The number of urea groups is 1. The second-order valence-electron chi connectivity index (χ2n) is 6.76. The van der Waals surface area contributed by atoms with Crippen molar-refractivity contribution in [2.45, 2.75) is 37.8 Å². The zero-order valence-electron chi connectivity index (χ0n) is 14.3. The minimum absolute atomic E-state index is 0.217. The second kappa shape index (κ2) is 7.03. The standard InChI is InChI=1S/C19H21N5O2/c25-18(12-8-9-20-17(10-12)21-13-4-5-13)22-15-2-1-3-16(11-15)24-19(26)23-14-6-7-14/h1-3,8-11,13-14H,4-7H2,(H,20,21)(H,22,25)(H2,23,24,26). The summed E-state index contributed by atoms with van der Waals surface area (Å²) < 4.78 is 0. The number of rotatable bonds is 6. The van der Waals surface area contributed by atoms with Crippen LogP contribution in [0.2, 0.25) is 0 Å². The summed E-state index contributed by atoms with van der Waals surface area (Å²) in [5.74, 6) is 0.498. The summed E-state index contributed by atoms with van der Waals surface area (Å²) in [7, 11) is 0. The minimum atomic E-state index is -0.221. The molecule has 4 N–H and O–H groups in total. The SMILES string of the molecule is O=C(Nc1cccc(NC(=O)c2ccnc(NC3CC3)c2)c1)NC1CC1. The molecule has 1 aromatic carbocycles. The van der Waals surface area contributed by atoms with E-state index >= 15 is 0 Å². The molecule has 7 nitrogen and oxygen atoms in total. The van der Waals surface area contributed by atoms with Gasteiger partial charge in [0.2, 0.25) is 0 Å². The Morgan fingerprint density at radius 1 is 0.923 bits per heavy atom. The maximum atomic E-state index is 12.5. The number of anilines is 3. The van der Waals surface area contributed by atoms with E-state index in [1.165, 1.54) is 0 Å². The minimum Gasteiger partial charge on any atom is -0.367 e. The van der Waals surface area contributed by atoms with Gasteiger partial charge in [-0.25, -0.2) is 9.78 Å². The van der Waals surface area contributed by atoms with Gasteiger partial charge < -0.3 is 21.3 Å². The van der Waals surface area contributed by atoms with Crippen molar-refractivity contribution in [1.82, 2.24) is 10.3 Å². The topological polar surface area (TPSA) is 95.2 Å². The number of amides is 3. The Labute approximate surface area is 151 Å². The van der Waals surface area contributed by atoms with Gasteiger partial charge >= 0.3 is 6.03 Å². The fourth-order valence-corrected chi connectivity index (χ4v) is 2.55. The zero-order valence-corrected chi connectivity index (χ0v) is 14.3. The summed E-state index contributed by atoms with van der Waals surface area (Å²) in [5, 5.41) is 11.8. The summed E-state index contributed by atoms with van der Waals surface area (Å²) in [4.78, 5) is 28.6. The molecule has 0 unspecified atom stereocenters. The smallest absolute Gasteiger partial charge is 0.319 e. The molecule has 134 valence electrons. The normalized spacial score (nSPS) is 15.8. The van der Waals surface area contributed by atoms with Gasteiger partial charge in [0.15, 0.2) is 0 Å². The molecule has 2 aliphatic rings. The van der Waals surface area contributed by atoms with Gasteiger partial charge in [0.05, 0.1) is 0 Å². The van der Waals surface area contributed by atoms with Crippen LogP contribution in [0.15, 0.2) is 42.6 Å². The number of hydrogen-bond donors (Lipinski definition) is 4. The van der Waals surface area contributed by atoms with Crippen LogP contribution in [0.25, 0.3) is 0 Å². The summed E-state index contributed by atoms with van der Waals surface area (Å²) >= 11 is 0. The third kappa shape index (κ3) is 4.50. The van der Waals surface area contributed by atoms with Crippen LogP contribution in [-0.2, 0) is 0 Å². The van der Waals surface area contributed by atoms with Crippen molar-refractivity contribution in [2.24, 2.45) is 0 Å². The Balaban J connectivity index is 1.38. The van der Waals surface area contributed by atoms with Crippen LogP contribution >= 0.6 is 0 Å². The molecule has 0 saturated heterocycles. The Hall–Kier alpha value is -3.09. The quantitative estimate of drug-likeness (QED) is 0.643. The van der Waals surface area contributed by atoms with Crippen molar-refractivity contribution in [3.63, 3.8) is 0 Å². The molecule has 26 heavy (non-hydrogen) atoms. The van der Waals surface area contributed by atoms with E-state index in [0.717, 1.165) is 25.7 Å². The predicted molar refractivity (Wildman–Crippen MR) is 100 cm³/mol. The number of pyridine rings is 1. The van der Waals surface area contributed by atoms with E-state index in [-0.39, 0.29) is 11.9 Å². The van der Waals surface area contributed by atoms with Crippen molar-refractivity contribution < 1.29 is 9.59 Å². The average Bonchev–Trinajstić information content (AvgIpc) is 3.53. The Morgan fingerprint density at radius 2 is 1.65 bits per heavy atom. The lowest BCUT2D eigenvalue weighted by molar-refractivity contribution is 0.102. The summed E-state index contributed by atoms with van der Waals surface area (Å²) in [6, 6.07) is 11.1. The molecule has 1 heterocycles. The summed E-state index contributed by atoms with van der Waals surface area (Å²) in [6.45, 7) is 0. The molecule has 0 bridgehead atoms. The van der Waals surface area contributed by atoms with Gasteiger partial charge in [0, 0.05) is 35.2 Å². The molecule has 2 saturated carbocycles. The van der Waals surface area contributed by atoms with E-state index < -0.39 is 0 Å². The zero-order chi connectivity index (χ0) is 17.9. The lowest BCUT2D eigenvalue weighted by Crippen LogP contribution is -2.30. The monoisotopic (exact) mass is 351 g/mol. The lowest BCUT2D eigenvalue weighted by atomic mass is 10.2. The fourth-order valence-electron chi connectivity index (χ4n) is 2.55. The van der Waals surface area contributed by atoms with E-state index in [9.17, 15) is 9.59 Å². The van der Waals surface area contributed by atoms with Crippen molar-refractivity contribution in [2.75, 3.05) is 16.0 Å². The van der Waals surface area contributed by atoms with Crippen LogP contribution in [0.1, 0.15) is 36.0 Å². The highest BCUT2D eigenvalue weighted by Gasteiger charge is 2.23. The fraction of sp³-hybridized carbons (Fsp3) is 0.316. The Kier molecular flexibility index (Phi) is 4.43. The molecule has 4 rings (SSSR count). The van der Waals surface area contributed by atoms with Crippen LogP contribution in [0.4, 0.5) is 22.0 Å². The molecular formula is C19H21N5O2. The lowest BCUT2D eigenvalue weighted by Gasteiger charge is -2.10. The highest BCUT2D eigenvalue weighted by molar-refractivity contribution is 6.05. The van der Waals surface area contributed by atoms with Crippen LogP contribution < -0.4 is 21.3 Å². The van der Waals surface area contributed by atoms with E-state index in [1.807, 2.05) is 0 Å². The number of carbonyl (C=O) groups is 2. The van der Waals surface area contributed by atoms with Gasteiger partial charge in [-0.15, -0.1) is 0 Å². The number of aromatic nitrogens is 1. The van der Waals surface area contributed by atoms with Gasteiger partial charge in [-0.3, -0.25) is 4.79 Å². The van der Waals surface area contributed by atoms with Crippen molar-refractivity contribution >= 4 is 29.1 Å². The van der Waals surface area contributed by atoms with Gasteiger partial charge in [-0.1, -0.05) is 6.07 Å². The third-order valence-electron chi connectivity index (χ3n) is 4.24. The molecule has 0 radical (unpaired) electrons. The highest BCUT2D eigenvalue weighted by Crippen LogP contribution is 2.24. The first-order valence-corrected chi connectivity index (χ1v) is 8.87. The summed E-state index contributed by atoms with van der Waals surface area (Å²) in [5.41, 5.74) is 1.78. The molecule has 0 aliphatic heterocycles. The average molecular weight is 351 g/mol. The molecule has 0 atom stereocenters. The van der Waals surface area contributed by atoms with E-state index in [0.29, 0.717) is 34.8 Å². The van der Waals surface area contributed by atoms with E-state index in [1.54, 1.807) is 42.6 Å². The number of benzene rings is 1.